The highest BCUT2D eigenvalue weighted by Crippen LogP contribution is 2.24. The van der Waals surface area contributed by atoms with E-state index in [9.17, 15) is 9.59 Å². The lowest BCUT2D eigenvalue weighted by Crippen LogP contribution is -2.48. The number of nitrogens with zero attached hydrogens (tertiary/aromatic N) is 4. The zero-order valence-electron chi connectivity index (χ0n) is 16.4. The Morgan fingerprint density at radius 2 is 1.86 bits per heavy atom. The fraction of sp³-hybridized carbons (Fsp3) is 0.400. The summed E-state index contributed by atoms with van der Waals surface area (Å²) in [6.45, 7) is 8.32. The predicted molar refractivity (Wildman–Crippen MR) is 107 cm³/mol. The van der Waals surface area contributed by atoms with E-state index in [1.807, 2.05) is 36.9 Å². The van der Waals surface area contributed by atoms with Crippen LogP contribution in [0.4, 0.5) is 11.6 Å². The Hall–Kier alpha value is -3.16. The summed E-state index contributed by atoms with van der Waals surface area (Å²) < 4.78 is 5.56. The minimum Gasteiger partial charge on any atom is -0.492 e. The van der Waals surface area contributed by atoms with Gasteiger partial charge in [-0.1, -0.05) is 12.1 Å². The smallest absolute Gasteiger partial charge is 0.274 e. The third-order valence-electron chi connectivity index (χ3n) is 4.52. The molecule has 1 aromatic heterocycles. The minimum absolute atomic E-state index is 0.0674. The maximum Gasteiger partial charge on any atom is 0.274 e. The van der Waals surface area contributed by atoms with E-state index in [0.717, 1.165) is 0 Å². The number of hydrogen-bond donors (Lipinski definition) is 1. The number of ether oxygens (including phenoxy) is 1. The van der Waals surface area contributed by atoms with Gasteiger partial charge in [0.15, 0.2) is 0 Å². The quantitative estimate of drug-likeness (QED) is 0.851. The largest absolute Gasteiger partial charge is 0.492 e. The van der Waals surface area contributed by atoms with E-state index >= 15 is 0 Å². The molecule has 3 rings (SSSR count). The van der Waals surface area contributed by atoms with Crippen LogP contribution in [0.5, 0.6) is 5.75 Å². The van der Waals surface area contributed by atoms with Crippen molar-refractivity contribution in [2.75, 3.05) is 43.0 Å². The van der Waals surface area contributed by atoms with Gasteiger partial charge in [0.05, 0.1) is 12.3 Å². The summed E-state index contributed by atoms with van der Waals surface area (Å²) in [7, 11) is 0. The fourth-order valence-electron chi connectivity index (χ4n) is 3.07. The first-order chi connectivity index (χ1) is 13.5. The molecule has 2 amide bonds. The summed E-state index contributed by atoms with van der Waals surface area (Å²) in [5.74, 6) is 0.871. The van der Waals surface area contributed by atoms with Gasteiger partial charge in [-0.15, -0.1) is 0 Å². The van der Waals surface area contributed by atoms with Crippen LogP contribution < -0.4 is 15.0 Å². The van der Waals surface area contributed by atoms with Crippen LogP contribution in [-0.2, 0) is 4.79 Å². The SMILES string of the molecule is CCOc1ccccc1NC(=O)c1cc(C)nc(N2CCN(C(C)=O)CC2)n1. The number of hydrogen-bond acceptors (Lipinski definition) is 6. The molecule has 1 aliphatic heterocycles. The number of para-hydroxylation sites is 2. The standard InChI is InChI=1S/C20H25N5O3/c1-4-28-18-8-6-5-7-16(18)22-19(27)17-13-14(2)21-20(23-17)25-11-9-24(10-12-25)15(3)26/h5-8,13H,4,9-12H2,1-3H3,(H,22,27). The van der Waals surface area contributed by atoms with Gasteiger partial charge in [-0.3, -0.25) is 9.59 Å². The lowest BCUT2D eigenvalue weighted by atomic mass is 10.2. The van der Waals surface area contributed by atoms with Crippen LogP contribution in [0.25, 0.3) is 0 Å². The average molecular weight is 383 g/mol. The van der Waals surface area contributed by atoms with Crippen molar-refractivity contribution < 1.29 is 14.3 Å². The second-order valence-electron chi connectivity index (χ2n) is 6.57. The molecule has 1 aromatic carbocycles. The summed E-state index contributed by atoms with van der Waals surface area (Å²) >= 11 is 0. The highest BCUT2D eigenvalue weighted by atomic mass is 16.5. The number of piperazine rings is 1. The van der Waals surface area contributed by atoms with Crippen LogP contribution in [0.1, 0.15) is 30.0 Å². The van der Waals surface area contributed by atoms with E-state index in [1.54, 1.807) is 24.0 Å². The Morgan fingerprint density at radius 3 is 2.54 bits per heavy atom. The molecule has 8 nitrogen and oxygen atoms in total. The monoisotopic (exact) mass is 383 g/mol. The molecular weight excluding hydrogens is 358 g/mol. The number of anilines is 2. The summed E-state index contributed by atoms with van der Waals surface area (Å²) in [6.07, 6.45) is 0. The molecule has 1 fully saturated rings. The molecule has 1 saturated heterocycles. The number of benzene rings is 1. The molecule has 0 bridgehead atoms. The Balaban J connectivity index is 1.76. The lowest BCUT2D eigenvalue weighted by Gasteiger charge is -2.34. The van der Waals surface area contributed by atoms with E-state index in [-0.39, 0.29) is 11.8 Å². The first-order valence-corrected chi connectivity index (χ1v) is 9.37. The number of carbonyl (C=O) groups excluding carboxylic acids is 2. The molecule has 2 aromatic rings. The third kappa shape index (κ3) is 4.57. The zero-order valence-corrected chi connectivity index (χ0v) is 16.4. The first kappa shape index (κ1) is 19.6. The second kappa shape index (κ2) is 8.69. The first-order valence-electron chi connectivity index (χ1n) is 9.37. The van der Waals surface area contributed by atoms with Crippen LogP contribution in [-0.4, -0.2) is 59.5 Å². The van der Waals surface area contributed by atoms with Gasteiger partial charge in [-0.05, 0) is 32.0 Å². The Labute approximate surface area is 164 Å². The average Bonchev–Trinajstić information content (AvgIpc) is 2.69. The summed E-state index contributed by atoms with van der Waals surface area (Å²) in [4.78, 5) is 37.0. The molecule has 0 spiro atoms. The Bertz CT molecular complexity index is 863. The fourth-order valence-corrected chi connectivity index (χ4v) is 3.07. The van der Waals surface area contributed by atoms with Crippen molar-refractivity contribution in [2.45, 2.75) is 20.8 Å². The van der Waals surface area contributed by atoms with E-state index < -0.39 is 0 Å². The van der Waals surface area contributed by atoms with Crippen molar-refractivity contribution in [1.82, 2.24) is 14.9 Å². The number of rotatable bonds is 5. The predicted octanol–water partition coefficient (Wildman–Crippen LogP) is 2.10. The molecule has 0 saturated carbocycles. The van der Waals surface area contributed by atoms with Gasteiger partial charge in [0.25, 0.3) is 5.91 Å². The van der Waals surface area contributed by atoms with Crippen LogP contribution in [0.2, 0.25) is 0 Å². The van der Waals surface area contributed by atoms with E-state index in [0.29, 0.717) is 61.6 Å². The maximum atomic E-state index is 12.8. The zero-order chi connectivity index (χ0) is 20.1. The molecule has 148 valence electrons. The minimum atomic E-state index is -0.318. The molecule has 2 heterocycles. The van der Waals surface area contributed by atoms with E-state index in [4.69, 9.17) is 4.74 Å². The molecule has 0 atom stereocenters. The molecule has 28 heavy (non-hydrogen) atoms. The van der Waals surface area contributed by atoms with Gasteiger partial charge in [0.1, 0.15) is 11.4 Å². The lowest BCUT2D eigenvalue weighted by molar-refractivity contribution is -0.129. The third-order valence-corrected chi connectivity index (χ3v) is 4.52. The van der Waals surface area contributed by atoms with Crippen LogP contribution in [0, 0.1) is 6.92 Å². The van der Waals surface area contributed by atoms with Crippen molar-refractivity contribution in [3.63, 3.8) is 0 Å². The van der Waals surface area contributed by atoms with Crippen LogP contribution in [0.3, 0.4) is 0 Å². The molecule has 0 unspecified atom stereocenters. The molecule has 1 aliphatic rings. The number of aromatic nitrogens is 2. The molecule has 0 aliphatic carbocycles. The van der Waals surface area contributed by atoms with Crippen LogP contribution in [0.15, 0.2) is 30.3 Å². The Morgan fingerprint density at radius 1 is 1.14 bits per heavy atom. The van der Waals surface area contributed by atoms with Gasteiger partial charge in [-0.2, -0.15) is 0 Å². The van der Waals surface area contributed by atoms with Gasteiger partial charge in [0.2, 0.25) is 11.9 Å². The molecular formula is C20H25N5O3. The molecule has 8 heteroatoms. The van der Waals surface area contributed by atoms with Gasteiger partial charge < -0.3 is 19.9 Å². The topological polar surface area (TPSA) is 87.7 Å². The summed E-state index contributed by atoms with van der Waals surface area (Å²) in [5, 5.41) is 2.87. The maximum absolute atomic E-state index is 12.8. The number of aryl methyl sites for hydroxylation is 1. The van der Waals surface area contributed by atoms with Crippen molar-refractivity contribution in [1.29, 1.82) is 0 Å². The van der Waals surface area contributed by atoms with Gasteiger partial charge in [0, 0.05) is 38.8 Å². The van der Waals surface area contributed by atoms with Crippen LogP contribution >= 0.6 is 0 Å². The molecule has 0 radical (unpaired) electrons. The number of amides is 2. The van der Waals surface area contributed by atoms with Gasteiger partial charge >= 0.3 is 0 Å². The second-order valence-corrected chi connectivity index (χ2v) is 6.57. The van der Waals surface area contributed by atoms with Gasteiger partial charge in [-0.25, -0.2) is 9.97 Å². The number of nitrogens with one attached hydrogen (secondary N) is 1. The van der Waals surface area contributed by atoms with Crippen molar-refractivity contribution in [2.24, 2.45) is 0 Å². The summed E-state index contributed by atoms with van der Waals surface area (Å²) in [6, 6.07) is 8.95. The van der Waals surface area contributed by atoms with Crippen molar-refractivity contribution in [3.05, 3.63) is 41.7 Å². The highest BCUT2D eigenvalue weighted by Gasteiger charge is 2.22. The van der Waals surface area contributed by atoms with E-state index in [2.05, 4.69) is 15.3 Å². The van der Waals surface area contributed by atoms with E-state index in [1.165, 1.54) is 0 Å². The van der Waals surface area contributed by atoms with Crippen molar-refractivity contribution in [3.8, 4) is 5.75 Å². The Kier molecular flexibility index (Phi) is 6.08. The highest BCUT2D eigenvalue weighted by molar-refractivity contribution is 6.03. The normalized spacial score (nSPS) is 14.0. The molecule has 1 N–H and O–H groups in total. The summed E-state index contributed by atoms with van der Waals surface area (Å²) in [5.41, 5.74) is 1.60. The van der Waals surface area contributed by atoms with Crippen molar-refractivity contribution >= 4 is 23.5 Å². The number of carbonyl (C=O) groups is 2.